The van der Waals surface area contributed by atoms with Crippen molar-refractivity contribution in [3.05, 3.63) is 83.4 Å². The molecule has 9 heteroatoms. The second kappa shape index (κ2) is 9.56. The molecule has 1 aliphatic rings. The van der Waals surface area contributed by atoms with Crippen LogP contribution in [0, 0.1) is 6.92 Å². The molecule has 3 N–H and O–H groups in total. The molecule has 0 bridgehead atoms. The second-order valence-electron chi connectivity index (χ2n) is 8.02. The van der Waals surface area contributed by atoms with E-state index >= 15 is 0 Å². The lowest BCUT2D eigenvalue weighted by molar-refractivity contribution is -0.118. The number of carbonyl (C=O) groups is 2. The molecule has 1 heterocycles. The largest absolute Gasteiger partial charge is 0.483 e. The molecule has 0 radical (unpaired) electrons. The Hall–Kier alpha value is -3.85. The summed E-state index contributed by atoms with van der Waals surface area (Å²) in [5.41, 5.74) is 8.38. The number of ether oxygens (including phenoxy) is 1. The zero-order valence-electron chi connectivity index (χ0n) is 18.7. The Kier molecular flexibility index (Phi) is 6.56. The quantitative estimate of drug-likeness (QED) is 0.539. The standard InChI is InChI=1S/C25H25N3O5S/c1-17-15-21(34(31,32)28-14-4-6-18-5-2-3-7-22(18)28)12-13-23(17)33-16-24(29)27-20-10-8-19(9-11-20)25(26)30/h2-3,5,7-13,15H,4,6,14,16H2,1H3,(H2,26,30)(H,27,29). The minimum Gasteiger partial charge on any atom is -0.483 e. The van der Waals surface area contributed by atoms with Gasteiger partial charge in [-0.1, -0.05) is 18.2 Å². The number of anilines is 2. The van der Waals surface area contributed by atoms with Crippen LogP contribution in [-0.2, 0) is 21.2 Å². The lowest BCUT2D eigenvalue weighted by atomic mass is 10.0. The van der Waals surface area contributed by atoms with Crippen LogP contribution in [0.3, 0.4) is 0 Å². The molecule has 8 nitrogen and oxygen atoms in total. The van der Waals surface area contributed by atoms with E-state index in [0.29, 0.717) is 34.8 Å². The molecule has 0 fully saturated rings. The van der Waals surface area contributed by atoms with E-state index < -0.39 is 21.8 Å². The molecular formula is C25H25N3O5S. The first kappa shape index (κ1) is 23.3. The number of nitrogens with one attached hydrogen (secondary N) is 1. The van der Waals surface area contributed by atoms with E-state index in [1.165, 1.54) is 22.5 Å². The topological polar surface area (TPSA) is 119 Å². The summed E-state index contributed by atoms with van der Waals surface area (Å²) in [7, 11) is -3.73. The van der Waals surface area contributed by atoms with E-state index in [2.05, 4.69) is 5.32 Å². The van der Waals surface area contributed by atoms with Crippen molar-refractivity contribution in [3.8, 4) is 5.75 Å². The maximum absolute atomic E-state index is 13.3. The van der Waals surface area contributed by atoms with Crippen molar-refractivity contribution >= 4 is 33.2 Å². The van der Waals surface area contributed by atoms with Crippen LogP contribution >= 0.6 is 0 Å². The number of benzene rings is 3. The van der Waals surface area contributed by atoms with E-state index in [1.807, 2.05) is 24.3 Å². The van der Waals surface area contributed by atoms with Crippen molar-refractivity contribution in [1.82, 2.24) is 0 Å². The third-order valence-electron chi connectivity index (χ3n) is 5.61. The van der Waals surface area contributed by atoms with Gasteiger partial charge < -0.3 is 15.8 Å². The Bertz CT molecular complexity index is 1340. The Balaban J connectivity index is 1.43. The molecule has 0 aliphatic carbocycles. The summed E-state index contributed by atoms with van der Waals surface area (Å²) in [4.78, 5) is 23.5. The summed E-state index contributed by atoms with van der Waals surface area (Å²) in [6, 6.07) is 18.3. The van der Waals surface area contributed by atoms with Crippen LogP contribution in [0.2, 0.25) is 0 Å². The van der Waals surface area contributed by atoms with Gasteiger partial charge in [0.1, 0.15) is 5.75 Å². The summed E-state index contributed by atoms with van der Waals surface area (Å²) in [5, 5.41) is 2.67. The summed E-state index contributed by atoms with van der Waals surface area (Å²) in [6.07, 6.45) is 1.61. The van der Waals surface area contributed by atoms with Crippen molar-refractivity contribution in [1.29, 1.82) is 0 Å². The number of amides is 2. The molecule has 34 heavy (non-hydrogen) atoms. The minimum absolute atomic E-state index is 0.174. The molecule has 0 spiro atoms. The number of hydrogen-bond acceptors (Lipinski definition) is 5. The lowest BCUT2D eigenvalue weighted by Crippen LogP contribution is -2.35. The van der Waals surface area contributed by atoms with Crippen molar-refractivity contribution in [2.45, 2.75) is 24.7 Å². The predicted molar refractivity (Wildman–Crippen MR) is 130 cm³/mol. The first-order chi connectivity index (χ1) is 16.3. The molecule has 0 aromatic heterocycles. The van der Waals surface area contributed by atoms with E-state index in [4.69, 9.17) is 10.5 Å². The molecule has 0 saturated carbocycles. The van der Waals surface area contributed by atoms with E-state index in [-0.39, 0.29) is 11.5 Å². The van der Waals surface area contributed by atoms with Crippen molar-refractivity contribution in [2.75, 3.05) is 22.8 Å². The average Bonchev–Trinajstić information content (AvgIpc) is 2.83. The predicted octanol–water partition coefficient (Wildman–Crippen LogP) is 3.25. The SMILES string of the molecule is Cc1cc(S(=O)(=O)N2CCCc3ccccc32)ccc1OCC(=O)Nc1ccc(C(N)=O)cc1. The van der Waals surface area contributed by atoms with E-state index in [9.17, 15) is 18.0 Å². The number of aryl methyl sites for hydroxylation is 2. The van der Waals surface area contributed by atoms with Crippen LogP contribution in [-0.4, -0.2) is 33.4 Å². The number of fused-ring (bicyclic) bond motifs is 1. The van der Waals surface area contributed by atoms with Crippen LogP contribution < -0.4 is 20.1 Å². The van der Waals surface area contributed by atoms with Gasteiger partial charge in [0.25, 0.3) is 15.9 Å². The van der Waals surface area contributed by atoms with Crippen LogP contribution in [0.5, 0.6) is 5.75 Å². The number of carbonyl (C=O) groups excluding carboxylic acids is 2. The molecule has 4 rings (SSSR count). The van der Waals surface area contributed by atoms with Gasteiger partial charge in [-0.25, -0.2) is 8.42 Å². The van der Waals surface area contributed by atoms with Crippen LogP contribution in [0.25, 0.3) is 0 Å². The molecule has 1 aliphatic heterocycles. The highest BCUT2D eigenvalue weighted by atomic mass is 32.2. The van der Waals surface area contributed by atoms with E-state index in [0.717, 1.165) is 18.4 Å². The minimum atomic E-state index is -3.73. The Morgan fingerprint density at radius 2 is 1.79 bits per heavy atom. The molecule has 3 aromatic rings. The fourth-order valence-corrected chi connectivity index (χ4v) is 5.51. The Labute approximate surface area is 198 Å². The summed E-state index contributed by atoms with van der Waals surface area (Å²) in [6.45, 7) is 1.90. The fourth-order valence-electron chi connectivity index (χ4n) is 3.88. The second-order valence-corrected chi connectivity index (χ2v) is 9.88. The van der Waals surface area contributed by atoms with Crippen molar-refractivity contribution < 1.29 is 22.7 Å². The normalized spacial score (nSPS) is 13.1. The number of sulfonamides is 1. The van der Waals surface area contributed by atoms with Crippen LogP contribution in [0.4, 0.5) is 11.4 Å². The van der Waals surface area contributed by atoms with Gasteiger partial charge >= 0.3 is 0 Å². The third-order valence-corrected chi connectivity index (χ3v) is 7.42. The number of para-hydroxylation sites is 1. The highest BCUT2D eigenvalue weighted by Crippen LogP contribution is 2.33. The maximum atomic E-state index is 13.3. The third kappa shape index (κ3) is 4.89. The summed E-state index contributed by atoms with van der Waals surface area (Å²) < 4.78 is 33.7. The highest BCUT2D eigenvalue weighted by molar-refractivity contribution is 7.92. The smallest absolute Gasteiger partial charge is 0.264 e. The molecule has 0 unspecified atom stereocenters. The number of nitrogens with two attached hydrogens (primary N) is 1. The molecule has 2 amide bonds. The monoisotopic (exact) mass is 479 g/mol. The van der Waals surface area contributed by atoms with Gasteiger partial charge in [0.05, 0.1) is 10.6 Å². The van der Waals surface area contributed by atoms with E-state index in [1.54, 1.807) is 31.2 Å². The van der Waals surface area contributed by atoms with Crippen molar-refractivity contribution in [3.63, 3.8) is 0 Å². The van der Waals surface area contributed by atoms with Gasteiger partial charge in [-0.3, -0.25) is 13.9 Å². The first-order valence-corrected chi connectivity index (χ1v) is 12.2. The van der Waals surface area contributed by atoms with Gasteiger partial charge in [0.15, 0.2) is 6.61 Å². The Morgan fingerprint density at radius 3 is 2.50 bits per heavy atom. The number of primary amides is 1. The Morgan fingerprint density at radius 1 is 1.06 bits per heavy atom. The zero-order valence-corrected chi connectivity index (χ0v) is 19.5. The molecule has 0 atom stereocenters. The number of nitrogens with zero attached hydrogens (tertiary/aromatic N) is 1. The average molecular weight is 480 g/mol. The number of rotatable bonds is 7. The van der Waals surface area contributed by atoms with Gasteiger partial charge in [-0.2, -0.15) is 0 Å². The molecule has 3 aromatic carbocycles. The van der Waals surface area contributed by atoms with Crippen LogP contribution in [0.15, 0.2) is 71.6 Å². The van der Waals surface area contributed by atoms with Crippen LogP contribution in [0.1, 0.15) is 27.9 Å². The van der Waals surface area contributed by atoms with Gasteiger partial charge in [0, 0.05) is 17.8 Å². The maximum Gasteiger partial charge on any atom is 0.264 e. The van der Waals surface area contributed by atoms with Crippen molar-refractivity contribution in [2.24, 2.45) is 5.73 Å². The van der Waals surface area contributed by atoms with Gasteiger partial charge in [-0.15, -0.1) is 0 Å². The molecular weight excluding hydrogens is 454 g/mol. The van der Waals surface area contributed by atoms with Gasteiger partial charge in [0.2, 0.25) is 5.91 Å². The summed E-state index contributed by atoms with van der Waals surface area (Å²) >= 11 is 0. The summed E-state index contributed by atoms with van der Waals surface area (Å²) in [5.74, 6) is -0.531. The fraction of sp³-hybridized carbons (Fsp3) is 0.200. The molecule has 176 valence electrons. The lowest BCUT2D eigenvalue weighted by Gasteiger charge is -2.30. The zero-order chi connectivity index (χ0) is 24.3. The highest BCUT2D eigenvalue weighted by Gasteiger charge is 2.29. The first-order valence-electron chi connectivity index (χ1n) is 10.8. The van der Waals surface area contributed by atoms with Gasteiger partial charge in [-0.05, 0) is 79.4 Å². The number of hydrogen-bond donors (Lipinski definition) is 2. The molecule has 0 saturated heterocycles.